The molecule has 0 bridgehead atoms. The van der Waals surface area contributed by atoms with Gasteiger partial charge in [0, 0.05) is 73.4 Å². The van der Waals surface area contributed by atoms with Crippen molar-refractivity contribution in [1.29, 1.82) is 0 Å². The van der Waals surface area contributed by atoms with Crippen LogP contribution < -0.4 is 51.4 Å². The first kappa shape index (κ1) is 20.2. The van der Waals surface area contributed by atoms with E-state index in [4.69, 9.17) is 0 Å². The van der Waals surface area contributed by atoms with Crippen molar-refractivity contribution in [3.8, 4) is 0 Å². The summed E-state index contributed by atoms with van der Waals surface area (Å²) in [5, 5.41) is 9.18. The molecular formula is C12H24KN3OW. The third-order valence-electron chi connectivity index (χ3n) is 3.61. The first-order valence-electron chi connectivity index (χ1n) is 6.42. The topological polar surface area (TPSA) is 30.0 Å². The van der Waals surface area contributed by atoms with Crippen LogP contribution in [0.25, 0.3) is 0 Å². The van der Waals surface area contributed by atoms with Crippen molar-refractivity contribution in [1.82, 2.24) is 14.7 Å². The molecule has 2 saturated heterocycles. The molecule has 2 aliphatic rings. The summed E-state index contributed by atoms with van der Waals surface area (Å²) in [6.45, 7) is 13.8. The van der Waals surface area contributed by atoms with Gasteiger partial charge in [0.15, 0.2) is 0 Å². The molecule has 0 aliphatic carbocycles. The largest absolute Gasteiger partial charge is 1.00 e. The summed E-state index contributed by atoms with van der Waals surface area (Å²) >= 11 is 0. The molecule has 0 atom stereocenters. The molecule has 18 heavy (non-hydrogen) atoms. The second-order valence-corrected chi connectivity index (χ2v) is 4.95. The van der Waals surface area contributed by atoms with Crippen LogP contribution in [0.5, 0.6) is 0 Å². The Morgan fingerprint density at radius 2 is 1.33 bits per heavy atom. The van der Waals surface area contributed by atoms with Gasteiger partial charge in [-0.1, -0.05) is 0 Å². The minimum atomic E-state index is -0.0612. The second kappa shape index (κ2) is 10.8. The Hall–Kier alpha value is 2.16. The van der Waals surface area contributed by atoms with E-state index in [0.29, 0.717) is 0 Å². The average molecular weight is 449 g/mol. The summed E-state index contributed by atoms with van der Waals surface area (Å²) in [7, 11) is 0. The summed E-state index contributed by atoms with van der Waals surface area (Å²) in [6, 6.07) is 0. The maximum atomic E-state index is 9.18. The van der Waals surface area contributed by atoms with E-state index in [1.807, 2.05) is 0 Å². The van der Waals surface area contributed by atoms with Crippen molar-refractivity contribution in [2.75, 3.05) is 58.9 Å². The van der Waals surface area contributed by atoms with Crippen molar-refractivity contribution in [3.05, 3.63) is 6.92 Å². The maximum Gasteiger partial charge on any atom is 1.00 e. The zero-order chi connectivity index (χ0) is 11.4. The van der Waals surface area contributed by atoms with Gasteiger partial charge in [0.05, 0.1) is 6.10 Å². The predicted octanol–water partition coefficient (Wildman–Crippen LogP) is -3.49. The maximum absolute atomic E-state index is 9.18. The Kier molecular flexibility index (Phi) is 12.1. The van der Waals surface area contributed by atoms with Crippen LogP contribution in [0.15, 0.2) is 0 Å². The molecule has 2 fully saturated rings. The number of β-amino-alcohol motifs (C(OH)–C–C–N with tert-alkyl or cyclic N) is 1. The van der Waals surface area contributed by atoms with Gasteiger partial charge in [0.2, 0.25) is 0 Å². The Morgan fingerprint density at radius 1 is 0.889 bits per heavy atom. The summed E-state index contributed by atoms with van der Waals surface area (Å²) < 4.78 is 0. The van der Waals surface area contributed by atoms with Crippen molar-refractivity contribution < 1.29 is 77.6 Å². The van der Waals surface area contributed by atoms with Gasteiger partial charge in [-0.2, -0.15) is 6.42 Å². The Bertz CT molecular complexity index is 209. The fourth-order valence-electron chi connectivity index (χ4n) is 2.47. The standard InChI is InChI=1S/C12H24N3O.K.W/c1-2-3-13-4-6-14(7-5-13)8-9-15-10-12(16)11-15;;/h12,16H,1-11H2;;/q-1;+1;. The summed E-state index contributed by atoms with van der Waals surface area (Å²) in [5.74, 6) is 0. The molecule has 0 amide bonds. The molecule has 0 aromatic heterocycles. The molecule has 2 heterocycles. The van der Waals surface area contributed by atoms with Crippen LogP contribution in [0, 0.1) is 6.92 Å². The number of piperazine rings is 1. The van der Waals surface area contributed by atoms with Crippen molar-refractivity contribution in [2.24, 2.45) is 0 Å². The molecule has 0 unspecified atom stereocenters. The van der Waals surface area contributed by atoms with Gasteiger partial charge in [0.1, 0.15) is 0 Å². The number of likely N-dealkylation sites (tertiary alicyclic amines) is 1. The molecule has 0 spiro atoms. The number of aliphatic hydroxyl groups excluding tert-OH is 1. The molecule has 6 heteroatoms. The first-order valence-corrected chi connectivity index (χ1v) is 6.42. The van der Waals surface area contributed by atoms with E-state index >= 15 is 0 Å². The van der Waals surface area contributed by atoms with E-state index in [-0.39, 0.29) is 78.6 Å². The number of rotatable bonds is 5. The minimum Gasteiger partial charge on any atom is -0.390 e. The van der Waals surface area contributed by atoms with E-state index in [2.05, 4.69) is 21.6 Å². The molecule has 0 radical (unpaired) electrons. The van der Waals surface area contributed by atoms with E-state index in [1.54, 1.807) is 0 Å². The number of aliphatic hydroxyl groups is 1. The third kappa shape index (κ3) is 6.75. The van der Waals surface area contributed by atoms with E-state index in [1.165, 1.54) is 26.2 Å². The van der Waals surface area contributed by atoms with Crippen molar-refractivity contribution in [3.63, 3.8) is 0 Å². The zero-order valence-electron chi connectivity index (χ0n) is 11.6. The average Bonchev–Trinajstić information content (AvgIpc) is 2.25. The molecule has 1 N–H and O–H groups in total. The smallest absolute Gasteiger partial charge is 0.390 e. The van der Waals surface area contributed by atoms with Gasteiger partial charge in [-0.3, -0.25) is 9.80 Å². The molecule has 100 valence electrons. The zero-order valence-corrected chi connectivity index (χ0v) is 17.6. The Morgan fingerprint density at radius 3 is 1.78 bits per heavy atom. The molecular weight excluding hydrogens is 425 g/mol. The molecule has 0 aromatic carbocycles. The first-order chi connectivity index (χ1) is 7.78. The number of hydrogen-bond acceptors (Lipinski definition) is 4. The van der Waals surface area contributed by atoms with Crippen LogP contribution in [0.1, 0.15) is 6.42 Å². The van der Waals surface area contributed by atoms with Gasteiger partial charge in [-0.05, 0) is 6.54 Å². The van der Waals surface area contributed by atoms with Crippen LogP contribution in [-0.2, 0) is 21.1 Å². The summed E-state index contributed by atoms with van der Waals surface area (Å²) in [5.41, 5.74) is 0. The van der Waals surface area contributed by atoms with Crippen LogP contribution in [-0.4, -0.2) is 84.8 Å². The van der Waals surface area contributed by atoms with Gasteiger partial charge in [-0.25, -0.2) is 0 Å². The summed E-state index contributed by atoms with van der Waals surface area (Å²) in [4.78, 5) is 7.36. The fourth-order valence-corrected chi connectivity index (χ4v) is 2.47. The molecule has 2 rings (SSSR count). The number of hydrogen-bond donors (Lipinski definition) is 1. The van der Waals surface area contributed by atoms with E-state index in [0.717, 1.165) is 39.1 Å². The van der Waals surface area contributed by atoms with Crippen LogP contribution in [0.2, 0.25) is 0 Å². The SMILES string of the molecule is [CH2-]CCN1CCN(CCN2CC(O)C2)CC1.[K+].[W]. The fraction of sp³-hybridized carbons (Fsp3) is 0.917. The monoisotopic (exact) mass is 449 g/mol. The predicted molar refractivity (Wildman–Crippen MR) is 65.3 cm³/mol. The van der Waals surface area contributed by atoms with Gasteiger partial charge >= 0.3 is 51.4 Å². The third-order valence-corrected chi connectivity index (χ3v) is 3.61. The van der Waals surface area contributed by atoms with E-state index in [9.17, 15) is 5.11 Å². The quantitative estimate of drug-likeness (QED) is 0.349. The number of nitrogens with zero attached hydrogens (tertiary/aromatic N) is 3. The van der Waals surface area contributed by atoms with Crippen LogP contribution in [0.4, 0.5) is 0 Å². The van der Waals surface area contributed by atoms with Crippen molar-refractivity contribution in [2.45, 2.75) is 12.5 Å². The van der Waals surface area contributed by atoms with Crippen LogP contribution >= 0.6 is 0 Å². The molecule has 0 aromatic rings. The minimum absolute atomic E-state index is 0. The summed E-state index contributed by atoms with van der Waals surface area (Å²) in [6.07, 6.45) is 0.958. The Labute approximate surface area is 168 Å². The molecule has 4 nitrogen and oxygen atoms in total. The Balaban J connectivity index is 0.00000144. The second-order valence-electron chi connectivity index (χ2n) is 4.95. The van der Waals surface area contributed by atoms with Crippen LogP contribution in [0.3, 0.4) is 0 Å². The van der Waals surface area contributed by atoms with E-state index < -0.39 is 0 Å². The normalized spacial score (nSPS) is 23.0. The van der Waals surface area contributed by atoms with Gasteiger partial charge < -0.3 is 16.9 Å². The van der Waals surface area contributed by atoms with Gasteiger partial charge in [-0.15, -0.1) is 0 Å². The van der Waals surface area contributed by atoms with Gasteiger partial charge in [0.25, 0.3) is 0 Å². The molecule has 2 aliphatic heterocycles. The van der Waals surface area contributed by atoms with Crippen molar-refractivity contribution >= 4 is 0 Å². The molecule has 0 saturated carbocycles.